The highest BCUT2D eigenvalue weighted by Crippen LogP contribution is 2.33. The fourth-order valence-electron chi connectivity index (χ4n) is 3.02. The Morgan fingerprint density at radius 2 is 1.96 bits per heavy atom. The zero-order chi connectivity index (χ0) is 17.3. The molecule has 1 fully saturated rings. The summed E-state index contributed by atoms with van der Waals surface area (Å²) in [6.07, 6.45) is 5.14. The van der Waals surface area contributed by atoms with Gasteiger partial charge in [0.2, 0.25) is 0 Å². The van der Waals surface area contributed by atoms with E-state index in [1.165, 1.54) is 12.1 Å². The van der Waals surface area contributed by atoms with Crippen molar-refractivity contribution >= 4 is 11.8 Å². The summed E-state index contributed by atoms with van der Waals surface area (Å²) in [4.78, 5) is 24.5. The number of carbonyl (C=O) groups excluding carboxylic acids is 2. The molecule has 2 aliphatic heterocycles. The van der Waals surface area contributed by atoms with Gasteiger partial charge < -0.3 is 19.7 Å². The molecule has 0 aliphatic carbocycles. The molecule has 0 amide bonds. The molecule has 6 heteroatoms. The number of benzene rings is 1. The molecule has 1 aromatic rings. The van der Waals surface area contributed by atoms with Crippen LogP contribution in [0.4, 0.5) is 0 Å². The number of hydrogen-bond acceptors (Lipinski definition) is 6. The molecule has 0 aromatic heterocycles. The molecule has 0 saturated carbocycles. The van der Waals surface area contributed by atoms with Crippen molar-refractivity contribution < 1.29 is 29.3 Å². The maximum absolute atomic E-state index is 12.4. The summed E-state index contributed by atoms with van der Waals surface area (Å²) in [5.74, 6) is -1.53. The lowest BCUT2D eigenvalue weighted by molar-refractivity contribution is -0.114. The number of allylic oxidation sites excluding steroid dienone is 2. The van der Waals surface area contributed by atoms with Crippen LogP contribution in [0.1, 0.15) is 42.1 Å². The molecule has 128 valence electrons. The first-order chi connectivity index (χ1) is 11.4. The van der Waals surface area contributed by atoms with Gasteiger partial charge in [0, 0.05) is 18.9 Å². The Labute approximate surface area is 139 Å². The lowest BCUT2D eigenvalue weighted by atomic mass is 9.99. The van der Waals surface area contributed by atoms with Gasteiger partial charge in [-0.05, 0) is 37.5 Å². The lowest BCUT2D eigenvalue weighted by Crippen LogP contribution is -2.19. The summed E-state index contributed by atoms with van der Waals surface area (Å²) < 4.78 is 10.9. The second-order valence-electron chi connectivity index (χ2n) is 6.29. The van der Waals surface area contributed by atoms with Gasteiger partial charge in [-0.1, -0.05) is 6.08 Å². The Morgan fingerprint density at radius 3 is 2.75 bits per heavy atom. The van der Waals surface area contributed by atoms with Crippen LogP contribution in [0, 0.1) is 0 Å². The molecule has 1 saturated heterocycles. The van der Waals surface area contributed by atoms with E-state index in [1.54, 1.807) is 13.0 Å². The van der Waals surface area contributed by atoms with Crippen molar-refractivity contribution in [3.63, 3.8) is 0 Å². The number of phenols is 2. The SMILES string of the molecule is C[C@H]1C[C@H]2O[C@@H]2CCC=CC(=O)Cc2cc(O)cc(O)c2C(=O)O1. The molecule has 0 bridgehead atoms. The number of ketones is 1. The quantitative estimate of drug-likeness (QED) is 0.559. The Morgan fingerprint density at radius 1 is 1.17 bits per heavy atom. The first-order valence-electron chi connectivity index (χ1n) is 8.04. The Balaban J connectivity index is 1.92. The molecule has 0 radical (unpaired) electrons. The standard InChI is InChI=1S/C18H20O6/c1-10-6-16-15(24-16)5-3-2-4-12(19)7-11-8-13(20)9-14(21)17(11)18(22)23-10/h2,4,8-10,15-16,20-21H,3,5-7H2,1H3/t10-,15+,16+/m0/s1. The first kappa shape index (κ1) is 16.5. The minimum atomic E-state index is -0.707. The van der Waals surface area contributed by atoms with E-state index in [0.717, 1.165) is 18.9 Å². The van der Waals surface area contributed by atoms with E-state index in [0.29, 0.717) is 6.42 Å². The average Bonchev–Trinajstić information content (AvgIpc) is 3.19. The maximum Gasteiger partial charge on any atom is 0.342 e. The molecule has 0 spiro atoms. The first-order valence-corrected chi connectivity index (χ1v) is 8.04. The smallest absolute Gasteiger partial charge is 0.342 e. The molecule has 6 nitrogen and oxygen atoms in total. The van der Waals surface area contributed by atoms with Gasteiger partial charge in [-0.25, -0.2) is 4.79 Å². The van der Waals surface area contributed by atoms with E-state index in [-0.39, 0.29) is 47.4 Å². The van der Waals surface area contributed by atoms with E-state index in [4.69, 9.17) is 9.47 Å². The van der Waals surface area contributed by atoms with Crippen LogP contribution in [0.5, 0.6) is 11.5 Å². The third-order valence-corrected chi connectivity index (χ3v) is 4.23. The normalized spacial score (nSPS) is 27.6. The van der Waals surface area contributed by atoms with Crippen LogP contribution in [0.15, 0.2) is 24.3 Å². The summed E-state index contributed by atoms with van der Waals surface area (Å²) in [7, 11) is 0. The number of esters is 1. The number of rotatable bonds is 0. The van der Waals surface area contributed by atoms with E-state index < -0.39 is 11.7 Å². The van der Waals surface area contributed by atoms with Gasteiger partial charge in [-0.3, -0.25) is 4.79 Å². The number of fused-ring (bicyclic) bond motifs is 2. The summed E-state index contributed by atoms with van der Waals surface area (Å²) >= 11 is 0. The van der Waals surface area contributed by atoms with Crippen molar-refractivity contribution in [1.82, 2.24) is 0 Å². The monoisotopic (exact) mass is 332 g/mol. The number of aromatic hydroxyl groups is 2. The number of ether oxygens (including phenoxy) is 2. The van der Waals surface area contributed by atoms with Gasteiger partial charge in [-0.15, -0.1) is 0 Å². The Hall–Kier alpha value is -2.34. The topological polar surface area (TPSA) is 96.4 Å². The molecular formula is C18H20O6. The Bertz CT molecular complexity index is 693. The second kappa shape index (κ2) is 6.65. The Kier molecular flexibility index (Phi) is 4.57. The van der Waals surface area contributed by atoms with Crippen LogP contribution < -0.4 is 0 Å². The van der Waals surface area contributed by atoms with E-state index >= 15 is 0 Å². The highest BCUT2D eigenvalue weighted by atomic mass is 16.6. The minimum Gasteiger partial charge on any atom is -0.508 e. The second-order valence-corrected chi connectivity index (χ2v) is 6.29. The summed E-state index contributed by atoms with van der Waals surface area (Å²) in [5, 5.41) is 19.7. The van der Waals surface area contributed by atoms with Gasteiger partial charge in [0.1, 0.15) is 23.2 Å². The molecule has 1 aromatic carbocycles. The molecule has 2 heterocycles. The predicted octanol–water partition coefficient (Wildman–Crippen LogP) is 2.26. The molecule has 2 aliphatic rings. The lowest BCUT2D eigenvalue weighted by Gasteiger charge is -2.15. The van der Waals surface area contributed by atoms with Crippen LogP contribution >= 0.6 is 0 Å². The molecule has 3 rings (SSSR count). The number of carbonyl (C=O) groups is 2. The van der Waals surface area contributed by atoms with Crippen molar-refractivity contribution in [2.75, 3.05) is 0 Å². The van der Waals surface area contributed by atoms with Crippen molar-refractivity contribution in [2.24, 2.45) is 0 Å². The van der Waals surface area contributed by atoms with Gasteiger partial charge >= 0.3 is 5.97 Å². The molecule has 2 N–H and O–H groups in total. The van der Waals surface area contributed by atoms with Crippen LogP contribution in [0.25, 0.3) is 0 Å². The van der Waals surface area contributed by atoms with Crippen LogP contribution in [-0.2, 0) is 20.7 Å². The number of hydrogen-bond donors (Lipinski definition) is 2. The average molecular weight is 332 g/mol. The van der Waals surface area contributed by atoms with Gasteiger partial charge in [0.05, 0.1) is 12.2 Å². The summed E-state index contributed by atoms with van der Waals surface area (Å²) in [6, 6.07) is 2.37. The molecular weight excluding hydrogens is 312 g/mol. The van der Waals surface area contributed by atoms with Gasteiger partial charge in [0.25, 0.3) is 0 Å². The zero-order valence-electron chi connectivity index (χ0n) is 13.4. The van der Waals surface area contributed by atoms with Crippen molar-refractivity contribution in [2.45, 2.75) is 50.9 Å². The highest BCUT2D eigenvalue weighted by Gasteiger charge is 2.39. The van der Waals surface area contributed by atoms with Gasteiger partial charge in [-0.2, -0.15) is 0 Å². The number of cyclic esters (lactones) is 1. The van der Waals surface area contributed by atoms with E-state index in [2.05, 4.69) is 0 Å². The number of epoxide rings is 1. The van der Waals surface area contributed by atoms with Crippen molar-refractivity contribution in [3.8, 4) is 11.5 Å². The zero-order valence-corrected chi connectivity index (χ0v) is 13.4. The molecule has 24 heavy (non-hydrogen) atoms. The molecule has 0 unspecified atom stereocenters. The third-order valence-electron chi connectivity index (χ3n) is 4.23. The van der Waals surface area contributed by atoms with Crippen LogP contribution in [0.3, 0.4) is 0 Å². The predicted molar refractivity (Wildman–Crippen MR) is 85.0 cm³/mol. The number of phenolic OH excluding ortho intramolecular Hbond substituents is 2. The fourth-order valence-corrected chi connectivity index (χ4v) is 3.02. The largest absolute Gasteiger partial charge is 0.508 e. The summed E-state index contributed by atoms with van der Waals surface area (Å²) in [6.45, 7) is 1.77. The fraction of sp³-hybridized carbons (Fsp3) is 0.444. The van der Waals surface area contributed by atoms with E-state index in [9.17, 15) is 19.8 Å². The van der Waals surface area contributed by atoms with E-state index in [1.807, 2.05) is 0 Å². The maximum atomic E-state index is 12.4. The van der Waals surface area contributed by atoms with Crippen molar-refractivity contribution in [3.05, 3.63) is 35.4 Å². The highest BCUT2D eigenvalue weighted by molar-refractivity contribution is 5.98. The van der Waals surface area contributed by atoms with Crippen LogP contribution in [-0.4, -0.2) is 40.3 Å². The minimum absolute atomic E-state index is 0.0627. The van der Waals surface area contributed by atoms with Crippen molar-refractivity contribution in [1.29, 1.82) is 0 Å². The molecule has 3 atom stereocenters. The summed E-state index contributed by atoms with van der Waals surface area (Å²) in [5.41, 5.74) is 0.170. The van der Waals surface area contributed by atoms with Crippen LogP contribution in [0.2, 0.25) is 0 Å². The van der Waals surface area contributed by atoms with Gasteiger partial charge in [0.15, 0.2) is 5.78 Å². The third kappa shape index (κ3) is 3.76.